The number of thiophene rings is 1. The van der Waals surface area contributed by atoms with Gasteiger partial charge < -0.3 is 16.4 Å². The van der Waals surface area contributed by atoms with Crippen LogP contribution >= 0.6 is 22.9 Å². The number of amides is 2. The lowest BCUT2D eigenvalue weighted by Crippen LogP contribution is -2.30. The van der Waals surface area contributed by atoms with Crippen molar-refractivity contribution in [3.8, 4) is 0 Å². The van der Waals surface area contributed by atoms with Crippen molar-refractivity contribution in [1.29, 1.82) is 0 Å². The molecule has 0 unspecified atom stereocenters. The van der Waals surface area contributed by atoms with E-state index in [0.717, 1.165) is 15.6 Å². The second-order valence-electron chi connectivity index (χ2n) is 3.96. The number of urea groups is 1. The number of hydrogen-bond acceptors (Lipinski definition) is 3. The van der Waals surface area contributed by atoms with Crippen LogP contribution in [0.5, 0.6) is 0 Å². The van der Waals surface area contributed by atoms with E-state index in [9.17, 15) is 4.79 Å². The van der Waals surface area contributed by atoms with Crippen LogP contribution in [0, 0.1) is 0 Å². The van der Waals surface area contributed by atoms with Crippen molar-refractivity contribution in [2.24, 2.45) is 0 Å². The molecule has 0 radical (unpaired) electrons. The minimum absolute atomic E-state index is 0.242. The average Bonchev–Trinajstić information content (AvgIpc) is 2.75. The van der Waals surface area contributed by atoms with E-state index in [-0.39, 0.29) is 6.03 Å². The standard InChI is InChI=1S/C13H14ClN3OS/c14-12-5-4-11(19-12)6-7-16-13(18)17-10-3-1-2-9(15)8-10/h1-5,8H,6-7,15H2,(H2,16,17,18). The van der Waals surface area contributed by atoms with Gasteiger partial charge in [0.15, 0.2) is 0 Å². The van der Waals surface area contributed by atoms with Gasteiger partial charge in [-0.25, -0.2) is 4.79 Å². The molecule has 2 aromatic rings. The van der Waals surface area contributed by atoms with Crippen molar-refractivity contribution in [2.75, 3.05) is 17.6 Å². The van der Waals surface area contributed by atoms with Gasteiger partial charge >= 0.3 is 6.03 Å². The summed E-state index contributed by atoms with van der Waals surface area (Å²) in [5.41, 5.74) is 6.92. The predicted octanol–water partition coefficient (Wildman–Crippen LogP) is 3.35. The zero-order valence-electron chi connectivity index (χ0n) is 10.2. The van der Waals surface area contributed by atoms with Crippen LogP contribution in [-0.4, -0.2) is 12.6 Å². The Hall–Kier alpha value is -1.72. The Morgan fingerprint density at radius 3 is 2.84 bits per heavy atom. The molecular weight excluding hydrogens is 282 g/mol. The number of halogens is 1. The number of benzene rings is 1. The molecule has 1 aromatic carbocycles. The number of nitrogen functional groups attached to an aromatic ring is 1. The van der Waals surface area contributed by atoms with Crippen molar-refractivity contribution in [1.82, 2.24) is 5.32 Å². The Morgan fingerprint density at radius 1 is 1.32 bits per heavy atom. The molecule has 0 aliphatic rings. The Bertz CT molecular complexity index is 571. The van der Waals surface area contributed by atoms with Crippen LogP contribution in [0.15, 0.2) is 36.4 Å². The van der Waals surface area contributed by atoms with Gasteiger partial charge in [0.25, 0.3) is 0 Å². The van der Waals surface area contributed by atoms with Crippen molar-refractivity contribution < 1.29 is 4.79 Å². The molecule has 4 nitrogen and oxygen atoms in total. The molecule has 2 rings (SSSR count). The summed E-state index contributed by atoms with van der Waals surface area (Å²) in [6, 6.07) is 10.6. The summed E-state index contributed by atoms with van der Waals surface area (Å²) < 4.78 is 0.763. The minimum atomic E-state index is -0.242. The third kappa shape index (κ3) is 4.46. The normalized spacial score (nSPS) is 10.2. The first-order chi connectivity index (χ1) is 9.13. The van der Waals surface area contributed by atoms with Crippen LogP contribution in [0.4, 0.5) is 16.2 Å². The largest absolute Gasteiger partial charge is 0.399 e. The highest BCUT2D eigenvalue weighted by atomic mass is 35.5. The molecule has 2 amide bonds. The summed E-state index contributed by atoms with van der Waals surface area (Å²) in [7, 11) is 0. The topological polar surface area (TPSA) is 67.1 Å². The van der Waals surface area contributed by atoms with Crippen molar-refractivity contribution >= 4 is 40.3 Å². The van der Waals surface area contributed by atoms with Crippen molar-refractivity contribution in [2.45, 2.75) is 6.42 Å². The number of carbonyl (C=O) groups excluding carboxylic acids is 1. The van der Waals surface area contributed by atoms with E-state index in [1.165, 1.54) is 11.3 Å². The summed E-state index contributed by atoms with van der Waals surface area (Å²) >= 11 is 7.35. The summed E-state index contributed by atoms with van der Waals surface area (Å²) in [5.74, 6) is 0. The molecule has 0 fully saturated rings. The molecular formula is C13H14ClN3OS. The molecule has 4 N–H and O–H groups in total. The lowest BCUT2D eigenvalue weighted by Gasteiger charge is -2.07. The lowest BCUT2D eigenvalue weighted by molar-refractivity contribution is 0.252. The number of nitrogens with one attached hydrogen (secondary N) is 2. The Kier molecular flexibility index (Phi) is 4.65. The van der Waals surface area contributed by atoms with Gasteiger partial charge in [-0.15, -0.1) is 11.3 Å². The lowest BCUT2D eigenvalue weighted by atomic mass is 10.3. The van der Waals surface area contributed by atoms with Crippen LogP contribution in [0.3, 0.4) is 0 Å². The maximum absolute atomic E-state index is 11.6. The molecule has 0 saturated carbocycles. The third-order valence-corrected chi connectivity index (χ3v) is 3.72. The summed E-state index contributed by atoms with van der Waals surface area (Å²) in [6.07, 6.45) is 0.766. The highest BCUT2D eigenvalue weighted by molar-refractivity contribution is 7.16. The van der Waals surface area contributed by atoms with Crippen LogP contribution in [0.25, 0.3) is 0 Å². The van der Waals surface area contributed by atoms with Gasteiger partial charge in [-0.3, -0.25) is 0 Å². The summed E-state index contributed by atoms with van der Waals surface area (Å²) in [4.78, 5) is 12.8. The van der Waals surface area contributed by atoms with E-state index in [0.29, 0.717) is 17.9 Å². The van der Waals surface area contributed by atoms with Gasteiger partial charge in [0.1, 0.15) is 0 Å². The van der Waals surface area contributed by atoms with Crippen LogP contribution in [-0.2, 0) is 6.42 Å². The molecule has 0 aliphatic carbocycles. The predicted molar refractivity (Wildman–Crippen MR) is 80.9 cm³/mol. The first-order valence-corrected chi connectivity index (χ1v) is 6.97. The van der Waals surface area contributed by atoms with Crippen molar-refractivity contribution in [3.05, 3.63) is 45.6 Å². The summed E-state index contributed by atoms with van der Waals surface area (Å²) in [6.45, 7) is 0.561. The minimum Gasteiger partial charge on any atom is -0.399 e. The molecule has 0 spiro atoms. The second kappa shape index (κ2) is 6.45. The fourth-order valence-electron chi connectivity index (χ4n) is 1.58. The molecule has 0 aliphatic heterocycles. The SMILES string of the molecule is Nc1cccc(NC(=O)NCCc2ccc(Cl)s2)c1. The maximum atomic E-state index is 11.6. The van der Waals surface area contributed by atoms with Crippen LogP contribution in [0.2, 0.25) is 4.34 Å². The zero-order valence-corrected chi connectivity index (χ0v) is 11.7. The van der Waals surface area contributed by atoms with Crippen molar-refractivity contribution in [3.63, 3.8) is 0 Å². The Labute approximate surface area is 120 Å². The maximum Gasteiger partial charge on any atom is 0.319 e. The molecule has 19 heavy (non-hydrogen) atoms. The first kappa shape index (κ1) is 13.7. The molecule has 6 heteroatoms. The van der Waals surface area contributed by atoms with E-state index in [2.05, 4.69) is 10.6 Å². The highest BCUT2D eigenvalue weighted by Gasteiger charge is 2.02. The fourth-order valence-corrected chi connectivity index (χ4v) is 2.66. The number of anilines is 2. The molecule has 0 bridgehead atoms. The number of hydrogen-bond donors (Lipinski definition) is 3. The zero-order chi connectivity index (χ0) is 13.7. The highest BCUT2D eigenvalue weighted by Crippen LogP contribution is 2.21. The molecule has 1 aromatic heterocycles. The van der Waals surface area contributed by atoms with Crippen LogP contribution < -0.4 is 16.4 Å². The van der Waals surface area contributed by atoms with Gasteiger partial charge in [0.05, 0.1) is 4.34 Å². The number of nitrogens with two attached hydrogens (primary N) is 1. The Balaban J connectivity index is 1.76. The second-order valence-corrected chi connectivity index (χ2v) is 5.76. The van der Waals surface area contributed by atoms with Gasteiger partial charge in [-0.1, -0.05) is 17.7 Å². The molecule has 100 valence electrons. The van der Waals surface area contributed by atoms with E-state index in [4.69, 9.17) is 17.3 Å². The smallest absolute Gasteiger partial charge is 0.319 e. The third-order valence-electron chi connectivity index (χ3n) is 2.43. The Morgan fingerprint density at radius 2 is 2.16 bits per heavy atom. The van der Waals surface area contributed by atoms with E-state index >= 15 is 0 Å². The fraction of sp³-hybridized carbons (Fsp3) is 0.154. The molecule has 0 atom stereocenters. The van der Waals surface area contributed by atoms with E-state index in [1.54, 1.807) is 24.3 Å². The van der Waals surface area contributed by atoms with Crippen LogP contribution in [0.1, 0.15) is 4.88 Å². The quantitative estimate of drug-likeness (QED) is 0.757. The number of rotatable bonds is 4. The first-order valence-electron chi connectivity index (χ1n) is 5.78. The molecule has 0 saturated heterocycles. The van der Waals surface area contributed by atoms with Gasteiger partial charge in [0, 0.05) is 22.8 Å². The van der Waals surface area contributed by atoms with Gasteiger partial charge in [-0.05, 0) is 36.8 Å². The van der Waals surface area contributed by atoms with Gasteiger partial charge in [-0.2, -0.15) is 0 Å². The average molecular weight is 296 g/mol. The number of carbonyl (C=O) groups is 1. The van der Waals surface area contributed by atoms with E-state index in [1.807, 2.05) is 12.1 Å². The monoisotopic (exact) mass is 295 g/mol. The summed E-state index contributed by atoms with van der Waals surface area (Å²) in [5, 5.41) is 5.50. The molecule has 1 heterocycles. The van der Waals surface area contributed by atoms with E-state index < -0.39 is 0 Å². The van der Waals surface area contributed by atoms with Gasteiger partial charge in [0.2, 0.25) is 0 Å².